The molecule has 0 aromatic heterocycles. The van der Waals surface area contributed by atoms with Gasteiger partial charge in [0.1, 0.15) is 12.4 Å². The predicted molar refractivity (Wildman–Crippen MR) is 108 cm³/mol. The van der Waals surface area contributed by atoms with Gasteiger partial charge in [0, 0.05) is 6.21 Å². The zero-order valence-corrected chi connectivity index (χ0v) is 16.0. The van der Waals surface area contributed by atoms with E-state index in [0.29, 0.717) is 6.61 Å². The van der Waals surface area contributed by atoms with Crippen molar-refractivity contribution in [3.8, 4) is 5.75 Å². The standard InChI is InChI=1S/C22H20BrNO/c1-16-7-9-18(10-8-16)15-25-22-12-11-19(13-20(22)23)14-24-21-6-4-3-5-17(21)2/h3-14H,15H2,1-2H3. The fraction of sp³-hybridized carbons (Fsp3) is 0.136. The second-order valence-electron chi connectivity index (χ2n) is 6.01. The molecule has 0 unspecified atom stereocenters. The molecule has 25 heavy (non-hydrogen) atoms. The maximum atomic E-state index is 5.91. The van der Waals surface area contributed by atoms with E-state index in [0.717, 1.165) is 32.6 Å². The van der Waals surface area contributed by atoms with Crippen molar-refractivity contribution in [3.05, 3.63) is 93.5 Å². The van der Waals surface area contributed by atoms with E-state index >= 15 is 0 Å². The summed E-state index contributed by atoms with van der Waals surface area (Å²) in [6.07, 6.45) is 1.87. The molecule has 0 aliphatic rings. The Morgan fingerprint density at radius 3 is 2.44 bits per heavy atom. The van der Waals surface area contributed by atoms with E-state index in [9.17, 15) is 0 Å². The van der Waals surface area contributed by atoms with Gasteiger partial charge in [0.25, 0.3) is 0 Å². The van der Waals surface area contributed by atoms with Crippen LogP contribution < -0.4 is 4.74 Å². The lowest BCUT2D eigenvalue weighted by Gasteiger charge is -2.09. The van der Waals surface area contributed by atoms with Gasteiger partial charge < -0.3 is 4.74 Å². The number of nitrogens with zero attached hydrogens (tertiary/aromatic N) is 1. The molecule has 0 amide bonds. The lowest BCUT2D eigenvalue weighted by Crippen LogP contribution is -1.96. The average molecular weight is 394 g/mol. The van der Waals surface area contributed by atoms with Crippen molar-refractivity contribution in [1.82, 2.24) is 0 Å². The highest BCUT2D eigenvalue weighted by molar-refractivity contribution is 9.10. The monoisotopic (exact) mass is 393 g/mol. The number of halogens is 1. The third-order valence-corrected chi connectivity index (χ3v) is 4.56. The fourth-order valence-corrected chi connectivity index (χ4v) is 2.92. The second kappa shape index (κ2) is 8.13. The topological polar surface area (TPSA) is 21.6 Å². The van der Waals surface area contributed by atoms with Gasteiger partial charge in [0.15, 0.2) is 0 Å². The minimum Gasteiger partial charge on any atom is -0.488 e. The molecule has 0 atom stereocenters. The lowest BCUT2D eigenvalue weighted by molar-refractivity contribution is 0.304. The summed E-state index contributed by atoms with van der Waals surface area (Å²) >= 11 is 3.59. The quantitative estimate of drug-likeness (QED) is 0.459. The van der Waals surface area contributed by atoms with Crippen LogP contribution in [0.2, 0.25) is 0 Å². The molecule has 0 saturated heterocycles. The SMILES string of the molecule is Cc1ccc(COc2ccc(C=Nc3ccccc3C)cc2Br)cc1. The van der Waals surface area contributed by atoms with Gasteiger partial charge in [-0.05, 0) is 70.7 Å². The zero-order chi connectivity index (χ0) is 17.6. The maximum Gasteiger partial charge on any atom is 0.134 e. The Kier molecular flexibility index (Phi) is 5.67. The molecule has 3 aromatic carbocycles. The van der Waals surface area contributed by atoms with Gasteiger partial charge in [-0.3, -0.25) is 4.99 Å². The maximum absolute atomic E-state index is 5.91. The summed E-state index contributed by atoms with van der Waals surface area (Å²) in [5.74, 6) is 0.827. The van der Waals surface area contributed by atoms with Crippen molar-refractivity contribution in [3.63, 3.8) is 0 Å². The highest BCUT2D eigenvalue weighted by atomic mass is 79.9. The Hall–Kier alpha value is -2.39. The van der Waals surface area contributed by atoms with Crippen LogP contribution in [-0.4, -0.2) is 6.21 Å². The molecule has 3 heteroatoms. The molecule has 0 N–H and O–H groups in total. The summed E-state index contributed by atoms with van der Waals surface area (Å²) in [6.45, 7) is 4.69. The minimum atomic E-state index is 0.551. The molecular formula is C22H20BrNO. The summed E-state index contributed by atoms with van der Waals surface area (Å²) in [6, 6.07) is 22.5. The van der Waals surface area contributed by atoms with Gasteiger partial charge in [-0.2, -0.15) is 0 Å². The van der Waals surface area contributed by atoms with Crippen molar-refractivity contribution in [2.24, 2.45) is 4.99 Å². The number of benzene rings is 3. The summed E-state index contributed by atoms with van der Waals surface area (Å²) < 4.78 is 6.83. The van der Waals surface area contributed by atoms with Gasteiger partial charge in [0.05, 0.1) is 10.2 Å². The molecule has 0 heterocycles. The van der Waals surface area contributed by atoms with Crippen LogP contribution in [-0.2, 0) is 6.61 Å². The van der Waals surface area contributed by atoms with Crippen LogP contribution in [0.5, 0.6) is 5.75 Å². The number of rotatable bonds is 5. The van der Waals surface area contributed by atoms with E-state index in [2.05, 4.69) is 65.1 Å². The second-order valence-corrected chi connectivity index (χ2v) is 6.86. The largest absolute Gasteiger partial charge is 0.488 e. The van der Waals surface area contributed by atoms with Crippen LogP contribution in [0.25, 0.3) is 0 Å². The number of aliphatic imine (C=N–C) groups is 1. The van der Waals surface area contributed by atoms with E-state index in [-0.39, 0.29) is 0 Å². The predicted octanol–water partition coefficient (Wildman–Crippen LogP) is 6.40. The Morgan fingerprint density at radius 1 is 0.960 bits per heavy atom. The van der Waals surface area contributed by atoms with E-state index in [4.69, 9.17) is 4.74 Å². The molecule has 0 aliphatic carbocycles. The molecule has 0 aliphatic heterocycles. The van der Waals surface area contributed by atoms with Crippen LogP contribution in [0, 0.1) is 13.8 Å². The molecule has 0 fully saturated rings. The highest BCUT2D eigenvalue weighted by Crippen LogP contribution is 2.27. The molecule has 126 valence electrons. The molecule has 0 spiro atoms. The molecule has 3 aromatic rings. The number of para-hydroxylation sites is 1. The van der Waals surface area contributed by atoms with E-state index in [1.807, 2.05) is 42.6 Å². The van der Waals surface area contributed by atoms with Crippen LogP contribution in [0.4, 0.5) is 5.69 Å². The summed E-state index contributed by atoms with van der Waals surface area (Å²) in [4.78, 5) is 4.56. The number of ether oxygens (including phenoxy) is 1. The Bertz CT molecular complexity index is 885. The summed E-state index contributed by atoms with van der Waals surface area (Å²) in [5, 5.41) is 0. The Labute approximate surface area is 157 Å². The van der Waals surface area contributed by atoms with Crippen LogP contribution in [0.3, 0.4) is 0 Å². The normalized spacial score (nSPS) is 11.0. The number of hydrogen-bond donors (Lipinski definition) is 0. The smallest absolute Gasteiger partial charge is 0.134 e. The first-order valence-corrected chi connectivity index (χ1v) is 8.99. The first-order chi connectivity index (χ1) is 12.1. The average Bonchev–Trinajstić information content (AvgIpc) is 2.62. The third-order valence-electron chi connectivity index (χ3n) is 3.94. The van der Waals surface area contributed by atoms with Crippen LogP contribution in [0.15, 0.2) is 76.2 Å². The van der Waals surface area contributed by atoms with Crippen molar-refractivity contribution in [2.45, 2.75) is 20.5 Å². The van der Waals surface area contributed by atoms with Gasteiger partial charge in [0.2, 0.25) is 0 Å². The molecular weight excluding hydrogens is 374 g/mol. The summed E-state index contributed by atoms with van der Waals surface area (Å²) in [7, 11) is 0. The molecule has 3 rings (SSSR count). The van der Waals surface area contributed by atoms with Crippen molar-refractivity contribution >= 4 is 27.8 Å². The van der Waals surface area contributed by atoms with Crippen molar-refractivity contribution in [2.75, 3.05) is 0 Å². The van der Waals surface area contributed by atoms with Gasteiger partial charge >= 0.3 is 0 Å². The van der Waals surface area contributed by atoms with Gasteiger partial charge in [-0.1, -0.05) is 48.0 Å². The van der Waals surface area contributed by atoms with E-state index in [1.54, 1.807) is 0 Å². The Morgan fingerprint density at radius 2 is 1.72 bits per heavy atom. The first kappa shape index (κ1) is 17.4. The first-order valence-electron chi connectivity index (χ1n) is 8.19. The van der Waals surface area contributed by atoms with Crippen LogP contribution >= 0.6 is 15.9 Å². The van der Waals surface area contributed by atoms with Crippen molar-refractivity contribution in [1.29, 1.82) is 0 Å². The number of aryl methyl sites for hydroxylation is 2. The fourth-order valence-electron chi connectivity index (χ4n) is 2.41. The zero-order valence-electron chi connectivity index (χ0n) is 14.4. The molecule has 2 nitrogen and oxygen atoms in total. The van der Waals surface area contributed by atoms with Crippen LogP contribution in [0.1, 0.15) is 22.3 Å². The Balaban J connectivity index is 1.68. The van der Waals surface area contributed by atoms with Crippen molar-refractivity contribution < 1.29 is 4.74 Å². The van der Waals surface area contributed by atoms with Gasteiger partial charge in [-0.25, -0.2) is 0 Å². The molecule has 0 saturated carbocycles. The van der Waals surface area contributed by atoms with E-state index < -0.39 is 0 Å². The third kappa shape index (κ3) is 4.80. The van der Waals surface area contributed by atoms with Gasteiger partial charge in [-0.15, -0.1) is 0 Å². The summed E-state index contributed by atoms with van der Waals surface area (Å²) in [5.41, 5.74) is 5.58. The highest BCUT2D eigenvalue weighted by Gasteiger charge is 2.03. The number of hydrogen-bond acceptors (Lipinski definition) is 2. The molecule has 0 bridgehead atoms. The lowest BCUT2D eigenvalue weighted by atomic mass is 10.2. The molecule has 0 radical (unpaired) electrons. The van der Waals surface area contributed by atoms with E-state index in [1.165, 1.54) is 5.56 Å². The minimum absolute atomic E-state index is 0.551.